The monoisotopic (exact) mass is 132 g/mol. The summed E-state index contributed by atoms with van der Waals surface area (Å²) in [4.78, 5) is 0. The van der Waals surface area contributed by atoms with Crippen molar-refractivity contribution in [3.8, 4) is 0 Å². The third kappa shape index (κ3) is 5.49. The summed E-state index contributed by atoms with van der Waals surface area (Å²) in [5.41, 5.74) is 3.51. The lowest BCUT2D eigenvalue weighted by Crippen LogP contribution is -2.56. The zero-order chi connectivity index (χ0) is 7.11. The first-order chi connectivity index (χ1) is 4.31. The van der Waals surface area contributed by atoms with E-state index in [1.807, 2.05) is 0 Å². The summed E-state index contributed by atoms with van der Waals surface area (Å²) in [6.07, 6.45) is 1.22. The van der Waals surface area contributed by atoms with Gasteiger partial charge in [0.25, 0.3) is 0 Å². The second kappa shape index (κ2) is 5.75. The molecule has 1 atom stereocenters. The molecule has 0 aromatic carbocycles. The highest BCUT2D eigenvalue weighted by molar-refractivity contribution is 4.64. The molecule has 0 radical (unpaired) electrons. The molecule has 0 spiro atoms. The molecule has 0 amide bonds. The Labute approximate surface area is 55.1 Å². The van der Waals surface area contributed by atoms with E-state index >= 15 is 0 Å². The van der Waals surface area contributed by atoms with Crippen LogP contribution in [0.1, 0.15) is 0 Å². The van der Waals surface area contributed by atoms with E-state index in [2.05, 4.69) is 12.3 Å². The van der Waals surface area contributed by atoms with Crippen LogP contribution >= 0.6 is 0 Å². The molecule has 0 aliphatic carbocycles. The maximum absolute atomic E-state index is 8.86. The summed E-state index contributed by atoms with van der Waals surface area (Å²) in [6, 6.07) is 0. The van der Waals surface area contributed by atoms with Crippen molar-refractivity contribution in [3.05, 3.63) is 12.7 Å². The second-order valence-electron chi connectivity index (χ2n) is 1.77. The minimum atomic E-state index is -0.426. The normalized spacial score (nSPS) is 13.1. The molecule has 0 rings (SSSR count). The van der Waals surface area contributed by atoms with Gasteiger partial charge in [0.2, 0.25) is 0 Å². The molecule has 0 heterocycles. The van der Waals surface area contributed by atoms with Crippen LogP contribution in [-0.4, -0.2) is 31.0 Å². The molecule has 0 aromatic rings. The summed E-state index contributed by atoms with van der Waals surface area (Å²) in [6.45, 7) is 4.81. The molecule has 3 nitrogen and oxygen atoms in total. The van der Waals surface area contributed by atoms with E-state index in [9.17, 15) is 0 Å². The third-order valence-electron chi connectivity index (χ3n) is 0.879. The lowest BCUT2D eigenvalue weighted by Gasteiger charge is -2.03. The molecule has 9 heavy (non-hydrogen) atoms. The van der Waals surface area contributed by atoms with Gasteiger partial charge in [-0.1, -0.05) is 6.08 Å². The van der Waals surface area contributed by atoms with Gasteiger partial charge in [0.05, 0.1) is 13.2 Å². The predicted octanol–water partition coefficient (Wildman–Crippen LogP) is -1.21. The highest BCUT2D eigenvalue weighted by Gasteiger charge is 2.00. The number of aliphatic hydroxyl groups excluding tert-OH is 1. The number of ether oxygens (including phenoxy) is 1. The maximum Gasteiger partial charge on any atom is 0.126 e. The van der Waals surface area contributed by atoms with Gasteiger partial charge in [-0.25, -0.2) is 0 Å². The van der Waals surface area contributed by atoms with Crippen molar-refractivity contribution in [1.29, 1.82) is 0 Å². The lowest BCUT2D eigenvalue weighted by molar-refractivity contribution is -0.385. The van der Waals surface area contributed by atoms with E-state index in [0.717, 1.165) is 0 Å². The van der Waals surface area contributed by atoms with E-state index in [-0.39, 0.29) is 0 Å². The zero-order valence-corrected chi connectivity index (χ0v) is 5.55. The Hall–Kier alpha value is -0.380. The molecule has 0 aromatic heterocycles. The number of hydrogen-bond acceptors (Lipinski definition) is 2. The second-order valence-corrected chi connectivity index (χ2v) is 1.77. The van der Waals surface area contributed by atoms with Crippen LogP contribution in [0.25, 0.3) is 0 Å². The van der Waals surface area contributed by atoms with Crippen LogP contribution in [-0.2, 0) is 4.74 Å². The topological polar surface area (TPSA) is 57.1 Å². The summed E-state index contributed by atoms with van der Waals surface area (Å²) in [7, 11) is 0. The van der Waals surface area contributed by atoms with Gasteiger partial charge < -0.3 is 15.6 Å². The molecule has 0 bridgehead atoms. The van der Waals surface area contributed by atoms with Gasteiger partial charge in [0.15, 0.2) is 0 Å². The average molecular weight is 132 g/mol. The van der Waals surface area contributed by atoms with Crippen molar-refractivity contribution >= 4 is 0 Å². The Morgan fingerprint density at radius 3 is 2.89 bits per heavy atom. The van der Waals surface area contributed by atoms with Crippen LogP contribution in [0.3, 0.4) is 0 Å². The van der Waals surface area contributed by atoms with Crippen molar-refractivity contribution < 1.29 is 15.6 Å². The molecule has 0 fully saturated rings. The van der Waals surface area contributed by atoms with Gasteiger partial charge in [-0.15, -0.1) is 6.58 Å². The minimum absolute atomic E-state index is 0.357. The summed E-state index contributed by atoms with van der Waals surface area (Å²) in [5, 5.41) is 8.86. The van der Waals surface area contributed by atoms with E-state index in [0.29, 0.717) is 19.8 Å². The van der Waals surface area contributed by atoms with Gasteiger partial charge >= 0.3 is 0 Å². The van der Waals surface area contributed by atoms with Crippen molar-refractivity contribution in [2.24, 2.45) is 0 Å². The van der Waals surface area contributed by atoms with Crippen molar-refractivity contribution in [1.82, 2.24) is 0 Å². The Bertz CT molecular complexity index is 75.5. The summed E-state index contributed by atoms with van der Waals surface area (Å²) < 4.78 is 4.93. The first kappa shape index (κ1) is 8.62. The van der Waals surface area contributed by atoms with Crippen LogP contribution in [0, 0.1) is 0 Å². The SMILES string of the molecule is C=CCOC[C@H](O)C[NH3+]. The van der Waals surface area contributed by atoms with Gasteiger partial charge in [-0.3, -0.25) is 0 Å². The zero-order valence-electron chi connectivity index (χ0n) is 5.55. The molecular formula is C6H14NO2+. The smallest absolute Gasteiger partial charge is 0.126 e. The van der Waals surface area contributed by atoms with Gasteiger partial charge in [-0.2, -0.15) is 0 Å². The molecule has 0 saturated carbocycles. The molecule has 0 aliphatic rings. The molecule has 4 N–H and O–H groups in total. The van der Waals surface area contributed by atoms with Crippen LogP contribution < -0.4 is 5.73 Å². The molecule has 0 aliphatic heterocycles. The highest BCUT2D eigenvalue weighted by atomic mass is 16.5. The first-order valence-corrected chi connectivity index (χ1v) is 2.97. The van der Waals surface area contributed by atoms with E-state index < -0.39 is 6.10 Å². The maximum atomic E-state index is 8.86. The molecule has 0 unspecified atom stereocenters. The van der Waals surface area contributed by atoms with Crippen molar-refractivity contribution in [3.63, 3.8) is 0 Å². The van der Waals surface area contributed by atoms with E-state index in [1.54, 1.807) is 6.08 Å². The largest absolute Gasteiger partial charge is 0.385 e. The molecule has 3 heteroatoms. The van der Waals surface area contributed by atoms with E-state index in [1.165, 1.54) is 0 Å². The molecule has 54 valence electrons. The van der Waals surface area contributed by atoms with E-state index in [4.69, 9.17) is 9.84 Å². The Kier molecular flexibility index (Phi) is 5.51. The van der Waals surface area contributed by atoms with Gasteiger partial charge in [0.1, 0.15) is 12.6 Å². The quantitative estimate of drug-likeness (QED) is 0.364. The molecular weight excluding hydrogens is 118 g/mol. The summed E-state index contributed by atoms with van der Waals surface area (Å²) >= 11 is 0. The standard InChI is InChI=1S/C6H13NO2/c1-2-3-9-5-6(8)4-7/h2,6,8H,1,3-5,7H2/p+1/t6-/m1/s1. The average Bonchev–Trinajstić information content (AvgIpc) is 1.89. The van der Waals surface area contributed by atoms with Crippen LogP contribution in [0.2, 0.25) is 0 Å². The summed E-state index contributed by atoms with van der Waals surface area (Å²) in [5.74, 6) is 0. The van der Waals surface area contributed by atoms with Crippen LogP contribution in [0.15, 0.2) is 12.7 Å². The number of rotatable bonds is 5. The highest BCUT2D eigenvalue weighted by Crippen LogP contribution is 1.80. The predicted molar refractivity (Wildman–Crippen MR) is 34.8 cm³/mol. The van der Waals surface area contributed by atoms with Crippen LogP contribution in [0.4, 0.5) is 0 Å². The lowest BCUT2D eigenvalue weighted by atomic mass is 10.4. The molecule has 0 saturated heterocycles. The fourth-order valence-electron chi connectivity index (χ4n) is 0.371. The number of aliphatic hydroxyl groups is 1. The van der Waals surface area contributed by atoms with Gasteiger partial charge in [-0.05, 0) is 0 Å². The Balaban J connectivity index is 2.96. The first-order valence-electron chi connectivity index (χ1n) is 2.97. The Morgan fingerprint density at radius 1 is 1.78 bits per heavy atom. The number of hydrogen-bond donors (Lipinski definition) is 2. The van der Waals surface area contributed by atoms with Crippen molar-refractivity contribution in [2.45, 2.75) is 6.10 Å². The fraction of sp³-hybridized carbons (Fsp3) is 0.667. The Morgan fingerprint density at radius 2 is 2.44 bits per heavy atom. The van der Waals surface area contributed by atoms with Crippen LogP contribution in [0.5, 0.6) is 0 Å². The number of quaternary nitrogens is 1. The third-order valence-corrected chi connectivity index (χ3v) is 0.879. The fourth-order valence-corrected chi connectivity index (χ4v) is 0.371. The van der Waals surface area contributed by atoms with Gasteiger partial charge in [0, 0.05) is 0 Å². The van der Waals surface area contributed by atoms with Crippen molar-refractivity contribution in [2.75, 3.05) is 19.8 Å². The minimum Gasteiger partial charge on any atom is -0.385 e.